The maximum atomic E-state index is 12.9. The Kier molecular flexibility index (Phi) is 8.43. The van der Waals surface area contributed by atoms with Crippen LogP contribution in [0.2, 0.25) is 5.02 Å². The highest BCUT2D eigenvalue weighted by atomic mass is 35.5. The van der Waals surface area contributed by atoms with Crippen molar-refractivity contribution < 1.29 is 19.1 Å². The van der Waals surface area contributed by atoms with Gasteiger partial charge >= 0.3 is 0 Å². The van der Waals surface area contributed by atoms with E-state index in [-0.39, 0.29) is 17.9 Å². The van der Waals surface area contributed by atoms with Crippen LogP contribution in [0.15, 0.2) is 48.5 Å². The van der Waals surface area contributed by atoms with Crippen molar-refractivity contribution in [3.05, 3.63) is 64.7 Å². The molecule has 0 saturated carbocycles. The molecule has 2 aromatic rings. The first kappa shape index (κ1) is 24.5. The molecule has 0 N–H and O–H groups in total. The van der Waals surface area contributed by atoms with Gasteiger partial charge in [-0.2, -0.15) is 0 Å². The van der Waals surface area contributed by atoms with Crippen LogP contribution in [-0.2, 0) is 16.0 Å². The second-order valence-electron chi connectivity index (χ2n) is 8.81. The summed E-state index contributed by atoms with van der Waals surface area (Å²) in [6.07, 6.45) is 1.28. The lowest BCUT2D eigenvalue weighted by Crippen LogP contribution is -2.50. The molecule has 0 bridgehead atoms. The second kappa shape index (κ2) is 11.7. The van der Waals surface area contributed by atoms with Crippen molar-refractivity contribution in [1.29, 1.82) is 0 Å². The van der Waals surface area contributed by atoms with Gasteiger partial charge < -0.3 is 19.3 Å². The number of morpholine rings is 1. The van der Waals surface area contributed by atoms with Crippen LogP contribution in [0.25, 0.3) is 0 Å². The summed E-state index contributed by atoms with van der Waals surface area (Å²) in [7, 11) is 1.64. The third-order valence-corrected chi connectivity index (χ3v) is 6.65. The molecule has 2 aliphatic heterocycles. The molecule has 4 rings (SSSR count). The Morgan fingerprint density at radius 3 is 2.62 bits per heavy atom. The summed E-state index contributed by atoms with van der Waals surface area (Å²) in [5, 5.41) is 0.561. The first-order valence-electron chi connectivity index (χ1n) is 11.8. The third-order valence-electron chi connectivity index (χ3n) is 6.42. The number of hydrogen-bond acceptors (Lipinski definition) is 5. The molecule has 2 amide bonds. The van der Waals surface area contributed by atoms with Gasteiger partial charge in [-0.25, -0.2) is 0 Å². The van der Waals surface area contributed by atoms with Gasteiger partial charge in [0.15, 0.2) is 0 Å². The Morgan fingerprint density at radius 2 is 1.85 bits per heavy atom. The van der Waals surface area contributed by atoms with Crippen molar-refractivity contribution in [3.63, 3.8) is 0 Å². The van der Waals surface area contributed by atoms with E-state index in [0.717, 1.165) is 43.9 Å². The molecule has 34 heavy (non-hydrogen) atoms. The number of hydrogen-bond donors (Lipinski definition) is 0. The Morgan fingerprint density at radius 1 is 1.03 bits per heavy atom. The molecule has 7 nitrogen and oxygen atoms in total. The van der Waals surface area contributed by atoms with Crippen LogP contribution < -0.4 is 4.74 Å². The van der Waals surface area contributed by atoms with Crippen molar-refractivity contribution in [2.75, 3.05) is 59.5 Å². The van der Waals surface area contributed by atoms with E-state index in [2.05, 4.69) is 4.90 Å². The average molecular weight is 486 g/mol. The fourth-order valence-corrected chi connectivity index (χ4v) is 4.73. The van der Waals surface area contributed by atoms with E-state index in [1.807, 2.05) is 34.1 Å². The molecule has 0 aliphatic carbocycles. The molecule has 2 aliphatic rings. The van der Waals surface area contributed by atoms with E-state index in [1.165, 1.54) is 0 Å². The fourth-order valence-electron chi connectivity index (χ4n) is 4.54. The number of ether oxygens (including phenoxy) is 2. The van der Waals surface area contributed by atoms with E-state index in [1.54, 1.807) is 31.4 Å². The summed E-state index contributed by atoms with van der Waals surface area (Å²) in [6, 6.07) is 14.7. The van der Waals surface area contributed by atoms with Crippen LogP contribution in [0, 0.1) is 0 Å². The summed E-state index contributed by atoms with van der Waals surface area (Å²) in [6.45, 7) is 5.59. The quantitative estimate of drug-likeness (QED) is 0.629. The van der Waals surface area contributed by atoms with Crippen molar-refractivity contribution in [3.8, 4) is 5.75 Å². The Balaban J connectivity index is 1.27. The molecule has 0 aromatic heterocycles. The van der Waals surface area contributed by atoms with E-state index < -0.39 is 0 Å². The number of benzene rings is 2. The highest BCUT2D eigenvalue weighted by Crippen LogP contribution is 2.17. The van der Waals surface area contributed by atoms with Crippen molar-refractivity contribution in [2.45, 2.75) is 18.9 Å². The minimum atomic E-state index is -0.0431. The molecule has 2 fully saturated rings. The Bertz CT molecular complexity index is 984. The SMILES string of the molecule is COc1ccc(CC(=O)N2CCCN(CC3CN(C(=O)c4cccc(Cl)c4)CCO3)CC2)cc1. The molecule has 1 atom stereocenters. The minimum absolute atomic E-state index is 0.0121. The number of halogens is 1. The van der Waals surface area contributed by atoms with Gasteiger partial charge in [-0.05, 0) is 48.9 Å². The van der Waals surface area contributed by atoms with Crippen molar-refractivity contribution in [2.24, 2.45) is 0 Å². The zero-order chi connectivity index (χ0) is 23.9. The topological polar surface area (TPSA) is 62.3 Å². The standard InChI is InChI=1S/C26H32ClN3O4/c1-33-23-8-6-20(7-9-23)16-25(31)29-11-3-10-28(12-13-29)18-24-19-30(14-15-34-24)26(32)21-4-2-5-22(27)17-21/h2,4-9,17,24H,3,10-16,18-19H2,1H3. The summed E-state index contributed by atoms with van der Waals surface area (Å²) < 4.78 is 11.2. The average Bonchev–Trinajstić information content (AvgIpc) is 3.10. The molecule has 2 aromatic carbocycles. The molecule has 2 saturated heterocycles. The molecule has 0 spiro atoms. The Hall–Kier alpha value is -2.61. The van der Waals surface area contributed by atoms with Gasteiger partial charge in [0.05, 0.1) is 26.2 Å². The lowest BCUT2D eigenvalue weighted by Gasteiger charge is -2.35. The molecule has 2 heterocycles. The van der Waals surface area contributed by atoms with Gasteiger partial charge in [0.25, 0.3) is 5.91 Å². The van der Waals surface area contributed by atoms with Crippen molar-refractivity contribution in [1.82, 2.24) is 14.7 Å². The lowest BCUT2D eigenvalue weighted by molar-refractivity contribution is -0.130. The van der Waals surface area contributed by atoms with Crippen LogP contribution >= 0.6 is 11.6 Å². The summed E-state index contributed by atoms with van der Waals surface area (Å²) in [5.74, 6) is 0.931. The molecule has 1 unspecified atom stereocenters. The van der Waals surface area contributed by atoms with Gasteiger partial charge in [0, 0.05) is 49.9 Å². The summed E-state index contributed by atoms with van der Waals surface area (Å²) >= 11 is 6.06. The largest absolute Gasteiger partial charge is 0.497 e. The predicted octanol–water partition coefficient (Wildman–Crippen LogP) is 2.97. The fraction of sp³-hybridized carbons (Fsp3) is 0.462. The van der Waals surface area contributed by atoms with Crippen molar-refractivity contribution >= 4 is 23.4 Å². The highest BCUT2D eigenvalue weighted by molar-refractivity contribution is 6.30. The molecule has 0 radical (unpaired) electrons. The van der Waals surface area contributed by atoms with Crippen LogP contribution in [0.1, 0.15) is 22.3 Å². The first-order chi connectivity index (χ1) is 16.5. The first-order valence-corrected chi connectivity index (χ1v) is 12.2. The lowest BCUT2D eigenvalue weighted by atomic mass is 10.1. The van der Waals surface area contributed by atoms with Gasteiger partial charge in [-0.1, -0.05) is 29.8 Å². The third kappa shape index (κ3) is 6.50. The number of amides is 2. The smallest absolute Gasteiger partial charge is 0.254 e. The summed E-state index contributed by atoms with van der Waals surface area (Å²) in [5.41, 5.74) is 1.60. The van der Waals surface area contributed by atoms with Gasteiger partial charge in [-0.3, -0.25) is 14.5 Å². The van der Waals surface area contributed by atoms with Crippen LogP contribution in [-0.4, -0.2) is 92.1 Å². The number of rotatable bonds is 6. The monoisotopic (exact) mass is 485 g/mol. The maximum absolute atomic E-state index is 12.9. The van der Waals surface area contributed by atoms with Gasteiger partial charge in [-0.15, -0.1) is 0 Å². The molecule has 8 heteroatoms. The number of methoxy groups -OCH3 is 1. The second-order valence-corrected chi connectivity index (χ2v) is 9.25. The zero-order valence-corrected chi connectivity index (χ0v) is 20.4. The molecule has 182 valence electrons. The van der Waals surface area contributed by atoms with Gasteiger partial charge in [0.2, 0.25) is 5.91 Å². The number of carbonyl (C=O) groups excluding carboxylic acids is 2. The highest BCUT2D eigenvalue weighted by Gasteiger charge is 2.28. The van der Waals surface area contributed by atoms with Crippen LogP contribution in [0.5, 0.6) is 5.75 Å². The number of nitrogens with zero attached hydrogens (tertiary/aromatic N) is 3. The zero-order valence-electron chi connectivity index (χ0n) is 19.6. The van der Waals surface area contributed by atoms with E-state index >= 15 is 0 Å². The minimum Gasteiger partial charge on any atom is -0.497 e. The van der Waals surface area contributed by atoms with E-state index in [4.69, 9.17) is 21.1 Å². The Labute approximate surface area is 206 Å². The van der Waals surface area contributed by atoms with Gasteiger partial charge in [0.1, 0.15) is 5.75 Å². The molecular weight excluding hydrogens is 454 g/mol. The van der Waals surface area contributed by atoms with E-state index in [9.17, 15) is 9.59 Å². The normalized spacial score (nSPS) is 19.5. The maximum Gasteiger partial charge on any atom is 0.254 e. The van der Waals surface area contributed by atoms with Crippen LogP contribution in [0.4, 0.5) is 0 Å². The van der Waals surface area contributed by atoms with Crippen LogP contribution in [0.3, 0.4) is 0 Å². The predicted molar refractivity (Wildman–Crippen MR) is 131 cm³/mol. The molecular formula is C26H32ClN3O4. The number of carbonyl (C=O) groups is 2. The summed E-state index contributed by atoms with van der Waals surface area (Å²) in [4.78, 5) is 31.9. The van der Waals surface area contributed by atoms with E-state index in [0.29, 0.717) is 43.2 Å².